The molecular formula is C17H24N2O. The predicted molar refractivity (Wildman–Crippen MR) is 82.3 cm³/mol. The van der Waals surface area contributed by atoms with Crippen molar-refractivity contribution >= 4 is 11.6 Å². The van der Waals surface area contributed by atoms with Gasteiger partial charge < -0.3 is 4.90 Å². The summed E-state index contributed by atoms with van der Waals surface area (Å²) in [5.74, 6) is -0.0651. The molecular weight excluding hydrogens is 248 g/mol. The van der Waals surface area contributed by atoms with Crippen molar-refractivity contribution in [2.24, 2.45) is 5.41 Å². The number of nitrogens with zero attached hydrogens (tertiary/aromatic N) is 2. The number of unbranched alkanes of at least 4 members (excludes halogenated alkanes) is 1. The third kappa shape index (κ3) is 3.39. The molecule has 1 aromatic rings. The minimum atomic E-state index is -0.899. The highest BCUT2D eigenvalue weighted by Gasteiger charge is 2.38. The first kappa shape index (κ1) is 16.2. The Morgan fingerprint density at radius 2 is 1.80 bits per heavy atom. The predicted octanol–water partition coefficient (Wildman–Crippen LogP) is 4.15. The molecule has 0 aliphatic heterocycles. The summed E-state index contributed by atoms with van der Waals surface area (Å²) in [7, 11) is 0. The Hall–Kier alpha value is -1.82. The van der Waals surface area contributed by atoms with Gasteiger partial charge in [-0.15, -0.1) is 0 Å². The molecule has 0 heterocycles. The number of para-hydroxylation sites is 1. The van der Waals surface area contributed by atoms with Crippen LogP contribution in [-0.2, 0) is 4.79 Å². The molecule has 0 fully saturated rings. The number of benzene rings is 1. The summed E-state index contributed by atoms with van der Waals surface area (Å²) in [6.45, 7) is 6.59. The lowest BCUT2D eigenvalue weighted by molar-refractivity contribution is -0.125. The van der Waals surface area contributed by atoms with Crippen molar-refractivity contribution in [1.29, 1.82) is 5.26 Å². The zero-order valence-electron chi connectivity index (χ0n) is 12.7. The summed E-state index contributed by atoms with van der Waals surface area (Å²) in [5.41, 5.74) is -0.0173. The van der Waals surface area contributed by atoms with E-state index in [0.29, 0.717) is 19.4 Å². The summed E-state index contributed by atoms with van der Waals surface area (Å²) < 4.78 is 0. The molecule has 0 aromatic heterocycles. The third-order valence-electron chi connectivity index (χ3n) is 3.88. The maximum absolute atomic E-state index is 12.9. The Labute approximate surface area is 122 Å². The highest BCUT2D eigenvalue weighted by atomic mass is 16.2. The van der Waals surface area contributed by atoms with E-state index in [1.165, 1.54) is 0 Å². The molecule has 0 bridgehead atoms. The maximum atomic E-state index is 12.9. The molecule has 0 atom stereocenters. The fourth-order valence-corrected chi connectivity index (χ4v) is 2.29. The lowest BCUT2D eigenvalue weighted by Crippen LogP contribution is -2.43. The van der Waals surface area contributed by atoms with Crippen molar-refractivity contribution in [2.45, 2.75) is 46.5 Å². The van der Waals surface area contributed by atoms with Crippen LogP contribution in [0.3, 0.4) is 0 Å². The van der Waals surface area contributed by atoms with E-state index in [9.17, 15) is 10.1 Å². The fourth-order valence-electron chi connectivity index (χ4n) is 2.29. The lowest BCUT2D eigenvalue weighted by Gasteiger charge is -2.31. The molecule has 3 heteroatoms. The normalized spacial score (nSPS) is 10.9. The van der Waals surface area contributed by atoms with Crippen molar-refractivity contribution < 1.29 is 4.79 Å². The number of amides is 1. The molecule has 1 rings (SSSR count). The van der Waals surface area contributed by atoms with Gasteiger partial charge in [0, 0.05) is 12.2 Å². The first-order valence-electron chi connectivity index (χ1n) is 7.43. The standard InChI is InChI=1S/C17H24N2O/c1-4-7-13-19(15-11-9-8-10-12-15)16(20)17(5-2,6-3)14-18/h8-12H,4-7,13H2,1-3H3. The van der Waals surface area contributed by atoms with E-state index in [1.54, 1.807) is 4.90 Å². The zero-order chi connectivity index (χ0) is 15.0. The molecule has 0 saturated heterocycles. The highest BCUT2D eigenvalue weighted by Crippen LogP contribution is 2.30. The molecule has 1 amide bonds. The number of hydrogen-bond acceptors (Lipinski definition) is 2. The van der Waals surface area contributed by atoms with Gasteiger partial charge in [0.1, 0.15) is 5.41 Å². The number of anilines is 1. The van der Waals surface area contributed by atoms with Crippen molar-refractivity contribution in [1.82, 2.24) is 0 Å². The Morgan fingerprint density at radius 3 is 2.25 bits per heavy atom. The number of carbonyl (C=O) groups excluding carboxylic acids is 1. The summed E-state index contributed by atoms with van der Waals surface area (Å²) in [4.78, 5) is 14.6. The van der Waals surface area contributed by atoms with Gasteiger partial charge in [0.25, 0.3) is 0 Å². The highest BCUT2D eigenvalue weighted by molar-refractivity contribution is 5.99. The van der Waals surface area contributed by atoms with Crippen LogP contribution in [-0.4, -0.2) is 12.5 Å². The summed E-state index contributed by atoms with van der Waals surface area (Å²) >= 11 is 0. The van der Waals surface area contributed by atoms with Gasteiger partial charge in [-0.05, 0) is 31.4 Å². The summed E-state index contributed by atoms with van der Waals surface area (Å²) in [6.07, 6.45) is 3.06. The second-order valence-corrected chi connectivity index (χ2v) is 5.05. The van der Waals surface area contributed by atoms with Gasteiger partial charge in [0.05, 0.1) is 6.07 Å². The SMILES string of the molecule is CCCCN(C(=O)C(C#N)(CC)CC)c1ccccc1. The minimum absolute atomic E-state index is 0.0651. The average Bonchev–Trinajstić information content (AvgIpc) is 2.51. The van der Waals surface area contributed by atoms with Crippen LogP contribution in [0.5, 0.6) is 0 Å². The number of carbonyl (C=O) groups is 1. The Kier molecular flexibility index (Phi) is 6.24. The zero-order valence-corrected chi connectivity index (χ0v) is 12.7. The second kappa shape index (κ2) is 7.69. The van der Waals surface area contributed by atoms with Gasteiger partial charge in [-0.2, -0.15) is 5.26 Å². The number of hydrogen-bond donors (Lipinski definition) is 0. The van der Waals surface area contributed by atoms with E-state index < -0.39 is 5.41 Å². The van der Waals surface area contributed by atoms with E-state index in [2.05, 4.69) is 13.0 Å². The van der Waals surface area contributed by atoms with Gasteiger partial charge in [-0.1, -0.05) is 45.4 Å². The largest absolute Gasteiger partial charge is 0.311 e. The molecule has 20 heavy (non-hydrogen) atoms. The average molecular weight is 272 g/mol. The Bertz CT molecular complexity index is 458. The number of nitriles is 1. The fraction of sp³-hybridized carbons (Fsp3) is 0.529. The second-order valence-electron chi connectivity index (χ2n) is 5.05. The van der Waals surface area contributed by atoms with E-state index in [0.717, 1.165) is 18.5 Å². The van der Waals surface area contributed by atoms with E-state index in [1.807, 2.05) is 44.2 Å². The summed E-state index contributed by atoms with van der Waals surface area (Å²) in [5, 5.41) is 9.47. The lowest BCUT2D eigenvalue weighted by atomic mass is 9.82. The van der Waals surface area contributed by atoms with Crippen LogP contribution in [0.15, 0.2) is 30.3 Å². The van der Waals surface area contributed by atoms with Gasteiger partial charge in [-0.3, -0.25) is 4.79 Å². The van der Waals surface area contributed by atoms with Crippen LogP contribution in [0.2, 0.25) is 0 Å². The van der Waals surface area contributed by atoms with Crippen LogP contribution in [0, 0.1) is 16.7 Å². The Balaban J connectivity index is 3.11. The van der Waals surface area contributed by atoms with Crippen LogP contribution in [0.1, 0.15) is 46.5 Å². The monoisotopic (exact) mass is 272 g/mol. The van der Waals surface area contributed by atoms with Crippen LogP contribution in [0.25, 0.3) is 0 Å². The first-order valence-corrected chi connectivity index (χ1v) is 7.43. The minimum Gasteiger partial charge on any atom is -0.311 e. The molecule has 0 N–H and O–H groups in total. The quantitative estimate of drug-likeness (QED) is 0.748. The molecule has 1 aromatic carbocycles. The maximum Gasteiger partial charge on any atom is 0.247 e. The van der Waals surface area contributed by atoms with Crippen molar-refractivity contribution in [3.63, 3.8) is 0 Å². The number of rotatable bonds is 7. The third-order valence-corrected chi connectivity index (χ3v) is 3.88. The molecule has 0 spiro atoms. The van der Waals surface area contributed by atoms with Gasteiger partial charge in [0.15, 0.2) is 0 Å². The molecule has 0 aliphatic rings. The van der Waals surface area contributed by atoms with E-state index in [-0.39, 0.29) is 5.91 Å². The molecule has 108 valence electrons. The first-order chi connectivity index (χ1) is 9.65. The van der Waals surface area contributed by atoms with Gasteiger partial charge >= 0.3 is 0 Å². The van der Waals surface area contributed by atoms with Gasteiger partial charge in [-0.25, -0.2) is 0 Å². The molecule has 0 radical (unpaired) electrons. The van der Waals surface area contributed by atoms with Crippen molar-refractivity contribution in [3.8, 4) is 6.07 Å². The molecule has 0 unspecified atom stereocenters. The van der Waals surface area contributed by atoms with Crippen molar-refractivity contribution in [3.05, 3.63) is 30.3 Å². The van der Waals surface area contributed by atoms with E-state index in [4.69, 9.17) is 0 Å². The smallest absolute Gasteiger partial charge is 0.247 e. The Morgan fingerprint density at radius 1 is 1.20 bits per heavy atom. The molecule has 0 saturated carbocycles. The van der Waals surface area contributed by atoms with E-state index >= 15 is 0 Å². The molecule has 3 nitrogen and oxygen atoms in total. The van der Waals surface area contributed by atoms with Crippen LogP contribution >= 0.6 is 0 Å². The van der Waals surface area contributed by atoms with Crippen LogP contribution in [0.4, 0.5) is 5.69 Å². The van der Waals surface area contributed by atoms with Gasteiger partial charge in [0.2, 0.25) is 5.91 Å². The molecule has 0 aliphatic carbocycles. The summed E-state index contributed by atoms with van der Waals surface area (Å²) in [6, 6.07) is 11.9. The topological polar surface area (TPSA) is 44.1 Å². The van der Waals surface area contributed by atoms with Crippen LogP contribution < -0.4 is 4.90 Å². The van der Waals surface area contributed by atoms with Crippen molar-refractivity contribution in [2.75, 3.05) is 11.4 Å².